The zero-order valence-electron chi connectivity index (χ0n) is 16.0. The molecule has 0 unspecified atom stereocenters. The van der Waals surface area contributed by atoms with Gasteiger partial charge in [0.25, 0.3) is 0 Å². The van der Waals surface area contributed by atoms with Crippen LogP contribution in [0.15, 0.2) is 72.1 Å². The average molecular weight is 385 g/mol. The Morgan fingerprint density at radius 3 is 2.66 bits per heavy atom. The Morgan fingerprint density at radius 2 is 1.86 bits per heavy atom. The second-order valence-electron chi connectivity index (χ2n) is 6.13. The standard InChI is InChI=1S/C22H19N5O2/c1-28-17-10-9-15(20(12-17)29-2)14-24-27-22-18-7-3-4-8-19(18)25-21(26-22)16-6-5-11-23-13-16/h3-14H,1-2H3,(H,25,26,27)/b24-14+. The van der Waals surface area contributed by atoms with Crippen molar-refractivity contribution in [1.82, 2.24) is 15.0 Å². The van der Waals surface area contributed by atoms with E-state index >= 15 is 0 Å². The van der Waals surface area contributed by atoms with Crippen molar-refractivity contribution in [3.63, 3.8) is 0 Å². The highest BCUT2D eigenvalue weighted by Crippen LogP contribution is 2.25. The number of fused-ring (bicyclic) bond motifs is 1. The summed E-state index contributed by atoms with van der Waals surface area (Å²) in [6, 6.07) is 17.1. The molecule has 2 aromatic heterocycles. The van der Waals surface area contributed by atoms with Crippen LogP contribution >= 0.6 is 0 Å². The lowest BCUT2D eigenvalue weighted by molar-refractivity contribution is 0.394. The van der Waals surface area contributed by atoms with E-state index in [1.165, 1.54) is 0 Å². The summed E-state index contributed by atoms with van der Waals surface area (Å²) in [6.07, 6.45) is 5.13. The number of para-hydroxylation sites is 1. The monoisotopic (exact) mass is 385 g/mol. The third kappa shape index (κ3) is 3.98. The Balaban J connectivity index is 1.68. The van der Waals surface area contributed by atoms with Gasteiger partial charge in [-0.1, -0.05) is 12.1 Å². The molecular formula is C22H19N5O2. The van der Waals surface area contributed by atoms with Gasteiger partial charge in [0.2, 0.25) is 0 Å². The third-order valence-corrected chi connectivity index (χ3v) is 4.34. The first-order valence-electron chi connectivity index (χ1n) is 8.97. The van der Waals surface area contributed by atoms with Crippen molar-refractivity contribution in [1.29, 1.82) is 0 Å². The topological polar surface area (TPSA) is 81.5 Å². The number of pyridine rings is 1. The van der Waals surface area contributed by atoms with E-state index in [2.05, 4.69) is 25.5 Å². The SMILES string of the molecule is COc1ccc(/C=N/Nc2nc(-c3cccnc3)nc3ccccc23)c(OC)c1. The van der Waals surface area contributed by atoms with Crippen LogP contribution in [0.1, 0.15) is 5.56 Å². The smallest absolute Gasteiger partial charge is 0.163 e. The zero-order chi connectivity index (χ0) is 20.1. The first-order chi connectivity index (χ1) is 14.3. The van der Waals surface area contributed by atoms with Crippen molar-refractivity contribution in [2.75, 3.05) is 19.6 Å². The van der Waals surface area contributed by atoms with Crippen LogP contribution in [0.2, 0.25) is 0 Å². The van der Waals surface area contributed by atoms with Gasteiger partial charge in [-0.05, 0) is 36.4 Å². The normalized spacial score (nSPS) is 11.0. The second kappa shape index (κ2) is 8.35. The number of anilines is 1. The zero-order valence-corrected chi connectivity index (χ0v) is 16.0. The molecule has 0 saturated heterocycles. The second-order valence-corrected chi connectivity index (χ2v) is 6.13. The molecule has 4 rings (SSSR count). The van der Waals surface area contributed by atoms with Crippen LogP contribution < -0.4 is 14.9 Å². The minimum absolute atomic E-state index is 0.580. The van der Waals surface area contributed by atoms with E-state index in [4.69, 9.17) is 9.47 Å². The number of nitrogens with one attached hydrogen (secondary N) is 1. The third-order valence-electron chi connectivity index (χ3n) is 4.34. The summed E-state index contributed by atoms with van der Waals surface area (Å²) in [4.78, 5) is 13.4. The maximum Gasteiger partial charge on any atom is 0.163 e. The number of benzene rings is 2. The lowest BCUT2D eigenvalue weighted by atomic mass is 10.2. The molecule has 4 aromatic rings. The van der Waals surface area contributed by atoms with Crippen molar-refractivity contribution in [3.8, 4) is 22.9 Å². The number of methoxy groups -OCH3 is 2. The fraction of sp³-hybridized carbons (Fsp3) is 0.0909. The molecule has 0 fully saturated rings. The molecular weight excluding hydrogens is 366 g/mol. The van der Waals surface area contributed by atoms with Crippen LogP contribution in [0.25, 0.3) is 22.3 Å². The molecule has 144 valence electrons. The summed E-state index contributed by atoms with van der Waals surface area (Å²) in [6.45, 7) is 0. The molecule has 29 heavy (non-hydrogen) atoms. The largest absolute Gasteiger partial charge is 0.497 e. The summed E-state index contributed by atoms with van der Waals surface area (Å²) in [5.41, 5.74) is 5.50. The summed E-state index contributed by atoms with van der Waals surface area (Å²) in [7, 11) is 3.22. The Morgan fingerprint density at radius 1 is 0.966 bits per heavy atom. The van der Waals surface area contributed by atoms with Gasteiger partial charge < -0.3 is 9.47 Å². The number of rotatable bonds is 6. The molecule has 0 radical (unpaired) electrons. The van der Waals surface area contributed by atoms with Gasteiger partial charge in [0.1, 0.15) is 11.5 Å². The van der Waals surface area contributed by atoms with Crippen LogP contribution in [0.3, 0.4) is 0 Å². The Bertz CT molecular complexity index is 1160. The van der Waals surface area contributed by atoms with E-state index in [9.17, 15) is 0 Å². The van der Waals surface area contributed by atoms with E-state index in [-0.39, 0.29) is 0 Å². The molecule has 0 aliphatic rings. The van der Waals surface area contributed by atoms with E-state index in [0.29, 0.717) is 17.4 Å². The number of aromatic nitrogens is 3. The van der Waals surface area contributed by atoms with Gasteiger partial charge >= 0.3 is 0 Å². The van der Waals surface area contributed by atoms with E-state index in [1.807, 2.05) is 54.6 Å². The van der Waals surface area contributed by atoms with Crippen LogP contribution in [0.4, 0.5) is 5.82 Å². The number of nitrogens with zero attached hydrogens (tertiary/aromatic N) is 4. The van der Waals surface area contributed by atoms with Gasteiger partial charge in [0, 0.05) is 35.0 Å². The van der Waals surface area contributed by atoms with Crippen molar-refractivity contribution >= 4 is 22.9 Å². The highest BCUT2D eigenvalue weighted by Gasteiger charge is 2.09. The highest BCUT2D eigenvalue weighted by molar-refractivity contribution is 5.91. The fourth-order valence-electron chi connectivity index (χ4n) is 2.87. The van der Waals surface area contributed by atoms with Crippen LogP contribution in [-0.2, 0) is 0 Å². The summed E-state index contributed by atoms with van der Waals surface area (Å²) in [5, 5.41) is 5.23. The predicted molar refractivity (Wildman–Crippen MR) is 114 cm³/mol. The lowest BCUT2D eigenvalue weighted by Gasteiger charge is -2.09. The molecule has 7 heteroatoms. The lowest BCUT2D eigenvalue weighted by Crippen LogP contribution is -2.00. The first kappa shape index (κ1) is 18.4. The molecule has 2 aromatic carbocycles. The minimum atomic E-state index is 0.580. The van der Waals surface area contributed by atoms with Crippen LogP contribution in [-0.4, -0.2) is 35.4 Å². The molecule has 1 N–H and O–H groups in total. The van der Waals surface area contributed by atoms with E-state index < -0.39 is 0 Å². The maximum absolute atomic E-state index is 5.41. The summed E-state index contributed by atoms with van der Waals surface area (Å²) >= 11 is 0. The first-order valence-corrected chi connectivity index (χ1v) is 8.97. The van der Waals surface area contributed by atoms with Gasteiger partial charge in [-0.3, -0.25) is 10.4 Å². The Labute approximate surface area is 168 Å². The maximum atomic E-state index is 5.41. The molecule has 0 aliphatic carbocycles. The van der Waals surface area contributed by atoms with Crippen molar-refractivity contribution in [2.45, 2.75) is 0 Å². The molecule has 7 nitrogen and oxygen atoms in total. The summed E-state index contributed by atoms with van der Waals surface area (Å²) in [5.74, 6) is 2.57. The number of hydrazone groups is 1. The highest BCUT2D eigenvalue weighted by atomic mass is 16.5. The Hall–Kier alpha value is -4.00. The number of hydrogen-bond donors (Lipinski definition) is 1. The van der Waals surface area contributed by atoms with Gasteiger partial charge in [0.05, 0.1) is 26.0 Å². The number of hydrogen-bond acceptors (Lipinski definition) is 7. The minimum Gasteiger partial charge on any atom is -0.497 e. The van der Waals surface area contributed by atoms with Crippen LogP contribution in [0, 0.1) is 0 Å². The van der Waals surface area contributed by atoms with Crippen LogP contribution in [0.5, 0.6) is 11.5 Å². The molecule has 0 bridgehead atoms. The van der Waals surface area contributed by atoms with Crippen molar-refractivity contribution < 1.29 is 9.47 Å². The van der Waals surface area contributed by atoms with Gasteiger partial charge in [0.15, 0.2) is 11.6 Å². The van der Waals surface area contributed by atoms with Gasteiger partial charge in [-0.2, -0.15) is 5.10 Å². The molecule has 0 atom stereocenters. The van der Waals surface area contributed by atoms with E-state index in [1.54, 1.807) is 32.8 Å². The van der Waals surface area contributed by atoms with Gasteiger partial charge in [-0.15, -0.1) is 0 Å². The van der Waals surface area contributed by atoms with Crippen molar-refractivity contribution in [2.24, 2.45) is 5.10 Å². The predicted octanol–water partition coefficient (Wildman–Crippen LogP) is 4.16. The number of ether oxygens (including phenoxy) is 2. The average Bonchev–Trinajstić information content (AvgIpc) is 2.79. The molecule has 0 aliphatic heterocycles. The quantitative estimate of drug-likeness (QED) is 0.397. The fourth-order valence-corrected chi connectivity index (χ4v) is 2.87. The molecule has 0 amide bonds. The summed E-state index contributed by atoms with van der Waals surface area (Å²) < 4.78 is 10.6. The van der Waals surface area contributed by atoms with Gasteiger partial charge in [-0.25, -0.2) is 9.97 Å². The Kier molecular flexibility index (Phi) is 5.29. The molecule has 2 heterocycles. The molecule has 0 spiro atoms. The van der Waals surface area contributed by atoms with E-state index in [0.717, 1.165) is 27.8 Å². The van der Waals surface area contributed by atoms with Crippen molar-refractivity contribution in [3.05, 3.63) is 72.6 Å². The molecule has 0 saturated carbocycles.